The monoisotopic (exact) mass is 266 g/mol. The Balaban J connectivity index is 2.92. The third-order valence-corrected chi connectivity index (χ3v) is 3.46. The summed E-state index contributed by atoms with van der Waals surface area (Å²) in [5.41, 5.74) is 2.82. The van der Waals surface area contributed by atoms with Crippen LogP contribution in [-0.4, -0.2) is 5.78 Å². The van der Waals surface area contributed by atoms with E-state index in [2.05, 4.69) is 22.5 Å². The number of carbonyl (C=O) groups is 1. The van der Waals surface area contributed by atoms with Crippen molar-refractivity contribution in [2.75, 3.05) is 0 Å². The van der Waals surface area contributed by atoms with Gasteiger partial charge in [-0.3, -0.25) is 4.79 Å². The van der Waals surface area contributed by atoms with E-state index < -0.39 is 0 Å². The molecular weight excluding hydrogens is 252 g/mol. The molecule has 1 aromatic rings. The van der Waals surface area contributed by atoms with Crippen molar-refractivity contribution in [1.29, 1.82) is 0 Å². The first-order chi connectivity index (χ1) is 7.06. The standard InChI is InChI=1S/C13H15BrO/c1-4-9(2)8-12(15)11-7-5-6-10(3)13(11)14/h5-7H,2,4,8H2,1,3H3. The van der Waals surface area contributed by atoms with E-state index in [-0.39, 0.29) is 5.78 Å². The van der Waals surface area contributed by atoms with Gasteiger partial charge in [-0.15, -0.1) is 0 Å². The number of halogens is 1. The van der Waals surface area contributed by atoms with Crippen molar-refractivity contribution in [2.45, 2.75) is 26.7 Å². The van der Waals surface area contributed by atoms with Gasteiger partial charge in [0.15, 0.2) is 5.78 Å². The summed E-state index contributed by atoms with van der Waals surface area (Å²) in [5, 5.41) is 0. The topological polar surface area (TPSA) is 17.1 Å². The van der Waals surface area contributed by atoms with Crippen LogP contribution in [0.2, 0.25) is 0 Å². The van der Waals surface area contributed by atoms with Crippen molar-refractivity contribution >= 4 is 21.7 Å². The summed E-state index contributed by atoms with van der Waals surface area (Å²) >= 11 is 3.44. The van der Waals surface area contributed by atoms with E-state index in [0.29, 0.717) is 6.42 Å². The molecule has 0 aromatic heterocycles. The largest absolute Gasteiger partial charge is 0.294 e. The van der Waals surface area contributed by atoms with Crippen molar-refractivity contribution in [2.24, 2.45) is 0 Å². The summed E-state index contributed by atoms with van der Waals surface area (Å²) in [4.78, 5) is 11.9. The molecule has 0 saturated heterocycles. The smallest absolute Gasteiger partial charge is 0.168 e. The van der Waals surface area contributed by atoms with Crippen LogP contribution in [-0.2, 0) is 0 Å². The molecule has 0 aliphatic rings. The second-order valence-electron chi connectivity index (χ2n) is 3.64. The lowest BCUT2D eigenvalue weighted by atomic mass is 10.0. The Morgan fingerprint density at radius 3 is 2.73 bits per heavy atom. The van der Waals surface area contributed by atoms with Gasteiger partial charge < -0.3 is 0 Å². The molecule has 1 rings (SSSR count). The van der Waals surface area contributed by atoms with E-state index in [0.717, 1.165) is 27.6 Å². The van der Waals surface area contributed by atoms with E-state index in [1.165, 1.54) is 0 Å². The average molecular weight is 267 g/mol. The average Bonchev–Trinajstić information content (AvgIpc) is 2.21. The first-order valence-corrected chi connectivity index (χ1v) is 5.80. The highest BCUT2D eigenvalue weighted by atomic mass is 79.9. The number of hydrogen-bond donors (Lipinski definition) is 0. The van der Waals surface area contributed by atoms with Crippen molar-refractivity contribution in [3.8, 4) is 0 Å². The van der Waals surface area contributed by atoms with Crippen molar-refractivity contribution < 1.29 is 4.79 Å². The second-order valence-corrected chi connectivity index (χ2v) is 4.43. The van der Waals surface area contributed by atoms with Gasteiger partial charge in [-0.1, -0.05) is 37.3 Å². The molecule has 0 aliphatic heterocycles. The van der Waals surface area contributed by atoms with Gasteiger partial charge in [0.1, 0.15) is 0 Å². The molecule has 0 N–H and O–H groups in total. The zero-order valence-electron chi connectivity index (χ0n) is 9.14. The predicted molar refractivity (Wildman–Crippen MR) is 67.3 cm³/mol. The summed E-state index contributed by atoms with van der Waals surface area (Å²) in [5.74, 6) is 0.137. The molecule has 1 nitrogen and oxygen atoms in total. The Hall–Kier alpha value is -0.890. The fourth-order valence-corrected chi connectivity index (χ4v) is 1.80. The lowest BCUT2D eigenvalue weighted by Gasteiger charge is -2.06. The minimum Gasteiger partial charge on any atom is -0.294 e. The van der Waals surface area contributed by atoms with Gasteiger partial charge >= 0.3 is 0 Å². The second kappa shape index (κ2) is 5.26. The maximum atomic E-state index is 11.9. The first-order valence-electron chi connectivity index (χ1n) is 5.01. The van der Waals surface area contributed by atoms with Gasteiger partial charge in [0, 0.05) is 16.5 Å². The Morgan fingerprint density at radius 1 is 1.47 bits per heavy atom. The van der Waals surface area contributed by atoms with E-state index in [1.807, 2.05) is 32.0 Å². The summed E-state index contributed by atoms with van der Waals surface area (Å²) in [6.07, 6.45) is 1.30. The molecular formula is C13H15BrO. The number of allylic oxidation sites excluding steroid dienone is 1. The molecule has 2 heteroatoms. The molecule has 0 amide bonds. The van der Waals surface area contributed by atoms with Gasteiger partial charge in [-0.25, -0.2) is 0 Å². The van der Waals surface area contributed by atoms with E-state index in [9.17, 15) is 4.79 Å². The molecule has 0 heterocycles. The van der Waals surface area contributed by atoms with E-state index in [4.69, 9.17) is 0 Å². The van der Waals surface area contributed by atoms with Crippen LogP contribution in [0.4, 0.5) is 0 Å². The number of benzene rings is 1. The maximum Gasteiger partial charge on any atom is 0.168 e. The molecule has 80 valence electrons. The molecule has 0 fully saturated rings. The predicted octanol–water partition coefficient (Wildman–Crippen LogP) is 4.30. The van der Waals surface area contributed by atoms with Crippen molar-refractivity contribution in [1.82, 2.24) is 0 Å². The highest BCUT2D eigenvalue weighted by Gasteiger charge is 2.11. The summed E-state index contributed by atoms with van der Waals surface area (Å²) in [6.45, 7) is 7.85. The van der Waals surface area contributed by atoms with Crippen LogP contribution in [0.1, 0.15) is 35.7 Å². The van der Waals surface area contributed by atoms with Crippen LogP contribution in [0.5, 0.6) is 0 Å². The van der Waals surface area contributed by atoms with Crippen LogP contribution in [0.15, 0.2) is 34.8 Å². The Morgan fingerprint density at radius 2 is 2.13 bits per heavy atom. The van der Waals surface area contributed by atoms with Gasteiger partial charge in [-0.2, -0.15) is 0 Å². The number of ketones is 1. The fourth-order valence-electron chi connectivity index (χ4n) is 1.31. The molecule has 0 atom stereocenters. The normalized spacial score (nSPS) is 10.1. The fraction of sp³-hybridized carbons (Fsp3) is 0.308. The van der Waals surface area contributed by atoms with Gasteiger partial charge in [-0.05, 0) is 34.8 Å². The van der Waals surface area contributed by atoms with Crippen LogP contribution in [0.25, 0.3) is 0 Å². The van der Waals surface area contributed by atoms with E-state index in [1.54, 1.807) is 0 Å². The third kappa shape index (κ3) is 3.03. The van der Waals surface area contributed by atoms with Crippen LogP contribution in [0.3, 0.4) is 0 Å². The lowest BCUT2D eigenvalue weighted by molar-refractivity contribution is 0.0991. The molecule has 0 saturated carbocycles. The Bertz CT molecular complexity index is 394. The lowest BCUT2D eigenvalue weighted by Crippen LogP contribution is -2.02. The van der Waals surface area contributed by atoms with E-state index >= 15 is 0 Å². The molecule has 0 radical (unpaired) electrons. The molecule has 1 aromatic carbocycles. The highest BCUT2D eigenvalue weighted by molar-refractivity contribution is 9.10. The van der Waals surface area contributed by atoms with Crippen molar-refractivity contribution in [3.05, 3.63) is 46.0 Å². The third-order valence-electron chi connectivity index (χ3n) is 2.40. The van der Waals surface area contributed by atoms with Gasteiger partial charge in [0.05, 0.1) is 0 Å². The van der Waals surface area contributed by atoms with Crippen LogP contribution < -0.4 is 0 Å². The molecule has 0 aliphatic carbocycles. The molecule has 0 bridgehead atoms. The molecule has 15 heavy (non-hydrogen) atoms. The maximum absolute atomic E-state index is 11.9. The first kappa shape index (κ1) is 12.2. The molecule has 0 unspecified atom stereocenters. The number of rotatable bonds is 4. The van der Waals surface area contributed by atoms with Crippen LogP contribution in [0, 0.1) is 6.92 Å². The Labute approximate surface area is 99.3 Å². The minimum atomic E-state index is 0.137. The van der Waals surface area contributed by atoms with Crippen LogP contribution >= 0.6 is 15.9 Å². The summed E-state index contributed by atoms with van der Waals surface area (Å²) < 4.78 is 0.902. The minimum absolute atomic E-state index is 0.137. The number of Topliss-reactive ketones (excluding diaryl/α,β-unsaturated/α-hetero) is 1. The highest BCUT2D eigenvalue weighted by Crippen LogP contribution is 2.23. The SMILES string of the molecule is C=C(CC)CC(=O)c1cccc(C)c1Br. The Kier molecular flexibility index (Phi) is 4.28. The molecule has 0 spiro atoms. The van der Waals surface area contributed by atoms with Gasteiger partial charge in [0.2, 0.25) is 0 Å². The zero-order valence-corrected chi connectivity index (χ0v) is 10.7. The quantitative estimate of drug-likeness (QED) is 0.587. The summed E-state index contributed by atoms with van der Waals surface area (Å²) in [7, 11) is 0. The summed E-state index contributed by atoms with van der Waals surface area (Å²) in [6, 6.07) is 5.74. The van der Waals surface area contributed by atoms with Gasteiger partial charge in [0.25, 0.3) is 0 Å². The van der Waals surface area contributed by atoms with Crippen molar-refractivity contribution in [3.63, 3.8) is 0 Å². The number of hydrogen-bond acceptors (Lipinski definition) is 1. The number of aryl methyl sites for hydroxylation is 1. The number of carbonyl (C=O) groups excluding carboxylic acids is 1. The zero-order chi connectivity index (χ0) is 11.4.